The number of rotatable bonds is 5. The Hall–Kier alpha value is -1.55. The highest BCUT2D eigenvalue weighted by molar-refractivity contribution is 5.72. The van der Waals surface area contributed by atoms with E-state index < -0.39 is 18.2 Å². The van der Waals surface area contributed by atoms with E-state index in [0.29, 0.717) is 17.7 Å². The molecule has 0 saturated heterocycles. The first-order valence-corrected chi connectivity index (χ1v) is 5.63. The van der Waals surface area contributed by atoms with Crippen LogP contribution in [0.1, 0.15) is 37.5 Å². The highest BCUT2D eigenvalue weighted by Gasteiger charge is 2.19. The minimum absolute atomic E-state index is 0.378. The number of hydrogen-bond acceptors (Lipinski definition) is 3. The second-order valence-electron chi connectivity index (χ2n) is 4.07. The first-order valence-electron chi connectivity index (χ1n) is 5.63. The SMILES string of the molecule is CCC(Oc1cc(C)ccc1C(C)O)C(=O)O. The molecule has 2 atom stereocenters. The molecule has 0 bridgehead atoms. The highest BCUT2D eigenvalue weighted by Crippen LogP contribution is 2.27. The van der Waals surface area contributed by atoms with Gasteiger partial charge < -0.3 is 14.9 Å². The van der Waals surface area contributed by atoms with Gasteiger partial charge in [-0.1, -0.05) is 19.1 Å². The van der Waals surface area contributed by atoms with Crippen LogP contribution in [0.2, 0.25) is 0 Å². The van der Waals surface area contributed by atoms with Crippen LogP contribution in [-0.4, -0.2) is 22.3 Å². The Morgan fingerprint density at radius 3 is 2.59 bits per heavy atom. The van der Waals surface area contributed by atoms with E-state index in [0.717, 1.165) is 5.56 Å². The lowest BCUT2D eigenvalue weighted by Crippen LogP contribution is -2.26. The van der Waals surface area contributed by atoms with E-state index in [2.05, 4.69) is 0 Å². The van der Waals surface area contributed by atoms with Crippen molar-refractivity contribution < 1.29 is 19.7 Å². The summed E-state index contributed by atoms with van der Waals surface area (Å²) < 4.78 is 5.44. The van der Waals surface area contributed by atoms with Crippen molar-refractivity contribution >= 4 is 5.97 Å². The molecule has 0 aromatic heterocycles. The molecule has 0 fully saturated rings. The minimum atomic E-state index is -0.995. The summed E-state index contributed by atoms with van der Waals surface area (Å²) in [6.45, 7) is 5.26. The Kier molecular flexibility index (Phi) is 4.52. The van der Waals surface area contributed by atoms with Gasteiger partial charge in [-0.3, -0.25) is 0 Å². The van der Waals surface area contributed by atoms with Crippen LogP contribution in [-0.2, 0) is 4.79 Å². The second-order valence-corrected chi connectivity index (χ2v) is 4.07. The summed E-state index contributed by atoms with van der Waals surface area (Å²) in [4.78, 5) is 10.9. The topological polar surface area (TPSA) is 66.8 Å². The van der Waals surface area contributed by atoms with E-state index in [9.17, 15) is 9.90 Å². The molecular weight excluding hydrogens is 220 g/mol. The van der Waals surface area contributed by atoms with Crippen LogP contribution < -0.4 is 4.74 Å². The van der Waals surface area contributed by atoms with E-state index in [-0.39, 0.29) is 0 Å². The average molecular weight is 238 g/mol. The summed E-state index contributed by atoms with van der Waals surface area (Å²) in [5, 5.41) is 18.5. The Labute approximate surface area is 101 Å². The van der Waals surface area contributed by atoms with Crippen molar-refractivity contribution in [2.45, 2.75) is 39.4 Å². The van der Waals surface area contributed by atoms with E-state index in [1.165, 1.54) is 0 Å². The predicted molar refractivity (Wildman–Crippen MR) is 64.2 cm³/mol. The van der Waals surface area contributed by atoms with Gasteiger partial charge >= 0.3 is 5.97 Å². The molecule has 17 heavy (non-hydrogen) atoms. The van der Waals surface area contributed by atoms with Crippen LogP contribution in [0.3, 0.4) is 0 Å². The summed E-state index contributed by atoms with van der Waals surface area (Å²) in [7, 11) is 0. The standard InChI is InChI=1S/C13H18O4/c1-4-11(13(15)16)17-12-7-8(2)5-6-10(12)9(3)14/h5-7,9,11,14H,4H2,1-3H3,(H,15,16). The number of aliphatic hydroxyl groups is 1. The van der Waals surface area contributed by atoms with Gasteiger partial charge in [-0.2, -0.15) is 0 Å². The van der Waals surface area contributed by atoms with E-state index in [1.807, 2.05) is 13.0 Å². The lowest BCUT2D eigenvalue weighted by molar-refractivity contribution is -0.145. The average Bonchev–Trinajstić information content (AvgIpc) is 2.25. The van der Waals surface area contributed by atoms with Gasteiger partial charge in [0.2, 0.25) is 0 Å². The van der Waals surface area contributed by atoms with Gasteiger partial charge in [0.15, 0.2) is 6.10 Å². The molecule has 4 heteroatoms. The molecule has 1 rings (SSSR count). The number of ether oxygens (including phenoxy) is 1. The zero-order valence-electron chi connectivity index (χ0n) is 10.3. The van der Waals surface area contributed by atoms with Crippen LogP contribution in [0.15, 0.2) is 18.2 Å². The number of carboxylic acid groups (broad SMARTS) is 1. The number of hydrogen-bond donors (Lipinski definition) is 2. The second kappa shape index (κ2) is 5.68. The number of carbonyl (C=O) groups is 1. The summed E-state index contributed by atoms with van der Waals surface area (Å²) in [6, 6.07) is 5.36. The van der Waals surface area contributed by atoms with E-state index in [4.69, 9.17) is 9.84 Å². The van der Waals surface area contributed by atoms with E-state index >= 15 is 0 Å². The molecule has 0 aliphatic rings. The largest absolute Gasteiger partial charge is 0.479 e. The van der Waals surface area contributed by atoms with Crippen molar-refractivity contribution in [1.82, 2.24) is 0 Å². The van der Waals surface area contributed by atoms with Gasteiger partial charge in [-0.05, 0) is 31.9 Å². The molecule has 0 spiro atoms. The predicted octanol–water partition coefficient (Wildman–Crippen LogP) is 2.29. The fraction of sp³-hybridized carbons (Fsp3) is 0.462. The lowest BCUT2D eigenvalue weighted by atomic mass is 10.1. The molecule has 0 amide bonds. The summed E-state index contributed by atoms with van der Waals surface area (Å²) in [5.74, 6) is -0.556. The van der Waals surface area contributed by atoms with Gasteiger partial charge in [0.25, 0.3) is 0 Å². The van der Waals surface area contributed by atoms with Gasteiger partial charge in [-0.15, -0.1) is 0 Å². The Bertz CT molecular complexity index is 398. The van der Waals surface area contributed by atoms with Crippen molar-refractivity contribution in [3.63, 3.8) is 0 Å². The first kappa shape index (κ1) is 13.5. The zero-order valence-corrected chi connectivity index (χ0v) is 10.3. The third kappa shape index (κ3) is 3.46. The maximum Gasteiger partial charge on any atom is 0.344 e. The Balaban J connectivity index is 3.02. The molecule has 0 aliphatic heterocycles. The van der Waals surface area contributed by atoms with Gasteiger partial charge in [0, 0.05) is 5.56 Å². The van der Waals surface area contributed by atoms with Gasteiger partial charge in [0.1, 0.15) is 5.75 Å². The first-order chi connectivity index (χ1) is 7.95. The quantitative estimate of drug-likeness (QED) is 0.826. The van der Waals surface area contributed by atoms with Gasteiger partial charge in [-0.25, -0.2) is 4.79 Å². The Morgan fingerprint density at radius 1 is 1.47 bits per heavy atom. The van der Waals surface area contributed by atoms with Crippen LogP contribution in [0.4, 0.5) is 0 Å². The molecule has 4 nitrogen and oxygen atoms in total. The molecule has 1 aromatic rings. The molecule has 2 unspecified atom stereocenters. The maximum atomic E-state index is 10.9. The summed E-state index contributed by atoms with van der Waals surface area (Å²) in [5.41, 5.74) is 1.57. The highest BCUT2D eigenvalue weighted by atomic mass is 16.5. The number of benzene rings is 1. The number of aliphatic hydroxyl groups excluding tert-OH is 1. The third-order valence-electron chi connectivity index (χ3n) is 2.53. The van der Waals surface area contributed by atoms with Crippen LogP contribution >= 0.6 is 0 Å². The van der Waals surface area contributed by atoms with Crippen molar-refractivity contribution in [2.24, 2.45) is 0 Å². The molecule has 1 aromatic carbocycles. The molecular formula is C13H18O4. The van der Waals surface area contributed by atoms with Crippen LogP contribution in [0.5, 0.6) is 5.75 Å². The third-order valence-corrected chi connectivity index (χ3v) is 2.53. The summed E-state index contributed by atoms with van der Waals surface area (Å²) >= 11 is 0. The number of carboxylic acids is 1. The van der Waals surface area contributed by atoms with Crippen LogP contribution in [0, 0.1) is 6.92 Å². The smallest absolute Gasteiger partial charge is 0.344 e. The van der Waals surface area contributed by atoms with Gasteiger partial charge in [0.05, 0.1) is 6.10 Å². The number of aryl methyl sites for hydroxylation is 1. The van der Waals surface area contributed by atoms with Crippen molar-refractivity contribution in [3.8, 4) is 5.75 Å². The Morgan fingerprint density at radius 2 is 2.12 bits per heavy atom. The molecule has 0 aliphatic carbocycles. The normalized spacial score (nSPS) is 14.1. The van der Waals surface area contributed by atoms with Crippen molar-refractivity contribution in [2.75, 3.05) is 0 Å². The molecule has 0 radical (unpaired) electrons. The molecule has 94 valence electrons. The summed E-state index contributed by atoms with van der Waals surface area (Å²) in [6.07, 6.45) is -1.19. The van der Waals surface area contributed by atoms with Crippen molar-refractivity contribution in [1.29, 1.82) is 0 Å². The lowest BCUT2D eigenvalue weighted by Gasteiger charge is -2.18. The number of aliphatic carboxylic acids is 1. The molecule has 0 saturated carbocycles. The maximum absolute atomic E-state index is 10.9. The fourth-order valence-corrected chi connectivity index (χ4v) is 1.55. The van der Waals surface area contributed by atoms with E-state index in [1.54, 1.807) is 26.0 Å². The fourth-order valence-electron chi connectivity index (χ4n) is 1.55. The van der Waals surface area contributed by atoms with Crippen LogP contribution in [0.25, 0.3) is 0 Å². The van der Waals surface area contributed by atoms with Crippen molar-refractivity contribution in [3.05, 3.63) is 29.3 Å². The zero-order chi connectivity index (χ0) is 13.0. The molecule has 0 heterocycles. The molecule has 2 N–H and O–H groups in total. The monoisotopic (exact) mass is 238 g/mol. The minimum Gasteiger partial charge on any atom is -0.479 e.